The van der Waals surface area contributed by atoms with E-state index < -0.39 is 17.9 Å². The summed E-state index contributed by atoms with van der Waals surface area (Å²) < 4.78 is 0. The molecule has 32 heavy (non-hydrogen) atoms. The summed E-state index contributed by atoms with van der Waals surface area (Å²) in [5, 5.41) is 15.4. The molecule has 170 valence electrons. The standard InChI is InChI=1S/C23H29N5O4/c1-4-5-17(22(31)32)26-20(29)15-9-6-14(7-10-15)8-11-16-12-24-19-18(16)21(30)28-23(27-19)25-13(2)3/h6-7,9-10,12-13,17H,4-5,8,11H2,1-3H3,(H,26,29)(H,31,32)(H3,24,25,27,28,30)/t17-/m0/s1. The van der Waals surface area contributed by atoms with E-state index >= 15 is 0 Å². The maximum atomic E-state index is 12.5. The molecule has 0 fully saturated rings. The van der Waals surface area contributed by atoms with Crippen LogP contribution in [0.3, 0.4) is 0 Å². The summed E-state index contributed by atoms with van der Waals surface area (Å²) >= 11 is 0. The number of rotatable bonds is 10. The molecule has 0 aliphatic rings. The van der Waals surface area contributed by atoms with E-state index in [9.17, 15) is 19.5 Å². The Morgan fingerprint density at radius 2 is 1.88 bits per heavy atom. The summed E-state index contributed by atoms with van der Waals surface area (Å²) in [7, 11) is 0. The molecule has 0 spiro atoms. The number of carboxylic acid groups (broad SMARTS) is 1. The Balaban J connectivity index is 1.66. The number of anilines is 1. The van der Waals surface area contributed by atoms with Gasteiger partial charge in [0, 0.05) is 17.8 Å². The van der Waals surface area contributed by atoms with Gasteiger partial charge in [-0.05, 0) is 56.4 Å². The van der Waals surface area contributed by atoms with E-state index in [0.29, 0.717) is 48.2 Å². The molecule has 0 aliphatic heterocycles. The first-order chi connectivity index (χ1) is 15.3. The number of benzene rings is 1. The van der Waals surface area contributed by atoms with Crippen molar-refractivity contribution >= 4 is 28.9 Å². The van der Waals surface area contributed by atoms with Crippen LogP contribution in [0, 0.1) is 0 Å². The van der Waals surface area contributed by atoms with Gasteiger partial charge in [-0.25, -0.2) is 4.79 Å². The molecule has 0 saturated carbocycles. The largest absolute Gasteiger partial charge is 0.480 e. The van der Waals surface area contributed by atoms with Gasteiger partial charge in [-0.1, -0.05) is 25.5 Å². The Morgan fingerprint density at radius 1 is 1.16 bits per heavy atom. The third-order valence-electron chi connectivity index (χ3n) is 5.13. The molecule has 0 saturated heterocycles. The van der Waals surface area contributed by atoms with E-state index in [4.69, 9.17) is 0 Å². The van der Waals surface area contributed by atoms with Crippen LogP contribution in [0.5, 0.6) is 0 Å². The Morgan fingerprint density at radius 3 is 2.50 bits per heavy atom. The quantitative estimate of drug-likeness (QED) is 0.329. The smallest absolute Gasteiger partial charge is 0.326 e. The highest BCUT2D eigenvalue weighted by Crippen LogP contribution is 2.17. The third-order valence-corrected chi connectivity index (χ3v) is 5.13. The van der Waals surface area contributed by atoms with Crippen molar-refractivity contribution in [2.75, 3.05) is 5.32 Å². The lowest BCUT2D eigenvalue weighted by molar-refractivity contribution is -0.139. The number of aromatic nitrogens is 3. The normalized spacial score (nSPS) is 12.1. The van der Waals surface area contributed by atoms with E-state index in [0.717, 1.165) is 11.1 Å². The van der Waals surface area contributed by atoms with Gasteiger partial charge in [-0.3, -0.25) is 14.6 Å². The molecular formula is C23H29N5O4. The van der Waals surface area contributed by atoms with Crippen LogP contribution in [0.25, 0.3) is 11.0 Å². The minimum Gasteiger partial charge on any atom is -0.480 e. The predicted octanol–water partition coefficient (Wildman–Crippen LogP) is 2.84. The Hall–Kier alpha value is -3.62. The molecule has 0 radical (unpaired) electrons. The SMILES string of the molecule is CCC[C@H](NC(=O)c1ccc(CCc2c[nH]c3nc(NC(C)C)[nH]c(=O)c23)cc1)C(=O)O. The van der Waals surface area contributed by atoms with Gasteiger partial charge >= 0.3 is 5.97 Å². The van der Waals surface area contributed by atoms with Gasteiger partial charge in [0.05, 0.1) is 5.39 Å². The first-order valence-electron chi connectivity index (χ1n) is 10.8. The average molecular weight is 440 g/mol. The lowest BCUT2D eigenvalue weighted by Crippen LogP contribution is -2.40. The highest BCUT2D eigenvalue weighted by atomic mass is 16.4. The molecule has 0 aliphatic carbocycles. The number of nitrogens with zero attached hydrogens (tertiary/aromatic N) is 1. The van der Waals surface area contributed by atoms with Crippen LogP contribution in [-0.2, 0) is 17.6 Å². The lowest BCUT2D eigenvalue weighted by Gasteiger charge is -2.13. The zero-order chi connectivity index (χ0) is 23.3. The topological polar surface area (TPSA) is 140 Å². The summed E-state index contributed by atoms with van der Waals surface area (Å²) in [6.07, 6.45) is 4.15. The number of amides is 1. The summed E-state index contributed by atoms with van der Waals surface area (Å²) in [5.41, 5.74) is 2.63. The van der Waals surface area contributed by atoms with Crippen molar-refractivity contribution in [2.45, 2.75) is 58.5 Å². The highest BCUT2D eigenvalue weighted by molar-refractivity contribution is 5.96. The molecule has 1 atom stereocenters. The molecule has 3 rings (SSSR count). The molecule has 0 unspecified atom stereocenters. The van der Waals surface area contributed by atoms with Crippen LogP contribution in [0.2, 0.25) is 0 Å². The Bertz CT molecular complexity index is 1150. The van der Waals surface area contributed by atoms with E-state index in [-0.39, 0.29) is 11.6 Å². The molecule has 1 amide bonds. The number of carbonyl (C=O) groups is 2. The number of nitrogens with one attached hydrogen (secondary N) is 4. The van der Waals surface area contributed by atoms with Crippen molar-refractivity contribution in [1.29, 1.82) is 0 Å². The van der Waals surface area contributed by atoms with Crippen molar-refractivity contribution in [1.82, 2.24) is 20.3 Å². The first kappa shape index (κ1) is 23.1. The van der Waals surface area contributed by atoms with E-state index in [2.05, 4.69) is 25.6 Å². The van der Waals surface area contributed by atoms with Crippen LogP contribution in [0.1, 0.15) is 55.1 Å². The molecule has 2 aromatic heterocycles. The molecule has 0 bridgehead atoms. The molecule has 2 heterocycles. The van der Waals surface area contributed by atoms with Crippen LogP contribution in [0.15, 0.2) is 35.3 Å². The number of fused-ring (bicyclic) bond motifs is 1. The van der Waals surface area contributed by atoms with Crippen LogP contribution in [-0.4, -0.2) is 44.0 Å². The molecule has 5 N–H and O–H groups in total. The van der Waals surface area contributed by atoms with Crippen LogP contribution in [0.4, 0.5) is 5.95 Å². The van der Waals surface area contributed by atoms with Crippen molar-refractivity contribution in [2.24, 2.45) is 0 Å². The van der Waals surface area contributed by atoms with Gasteiger partial charge in [0.15, 0.2) is 0 Å². The molecule has 9 nitrogen and oxygen atoms in total. The van der Waals surface area contributed by atoms with Gasteiger partial charge in [0.25, 0.3) is 11.5 Å². The van der Waals surface area contributed by atoms with E-state index in [1.807, 2.05) is 32.9 Å². The maximum Gasteiger partial charge on any atom is 0.326 e. The number of carbonyl (C=O) groups excluding carboxylic acids is 1. The van der Waals surface area contributed by atoms with Gasteiger partial charge in [0.1, 0.15) is 11.7 Å². The fourth-order valence-corrected chi connectivity index (χ4v) is 3.53. The lowest BCUT2D eigenvalue weighted by atomic mass is 10.0. The van der Waals surface area contributed by atoms with Gasteiger partial charge in [-0.15, -0.1) is 0 Å². The Labute approximate surface area is 185 Å². The average Bonchev–Trinajstić information content (AvgIpc) is 3.15. The molecule has 3 aromatic rings. The number of hydrogen-bond donors (Lipinski definition) is 5. The number of carboxylic acids is 1. The number of aliphatic carboxylic acids is 1. The van der Waals surface area contributed by atoms with E-state index in [1.54, 1.807) is 18.3 Å². The van der Waals surface area contributed by atoms with Gasteiger partial charge in [0.2, 0.25) is 5.95 Å². The first-order valence-corrected chi connectivity index (χ1v) is 10.8. The van der Waals surface area contributed by atoms with Gasteiger partial charge in [-0.2, -0.15) is 4.98 Å². The number of aromatic amines is 2. The number of aryl methyl sites for hydroxylation is 2. The van der Waals surface area contributed by atoms with Crippen molar-refractivity contribution in [3.8, 4) is 0 Å². The Kier molecular flexibility index (Phi) is 7.29. The highest BCUT2D eigenvalue weighted by Gasteiger charge is 2.19. The summed E-state index contributed by atoms with van der Waals surface area (Å²) in [5.74, 6) is -1.01. The summed E-state index contributed by atoms with van der Waals surface area (Å²) in [6, 6.07) is 6.30. The maximum absolute atomic E-state index is 12.5. The second-order valence-corrected chi connectivity index (χ2v) is 8.10. The zero-order valence-electron chi connectivity index (χ0n) is 18.5. The second kappa shape index (κ2) is 10.1. The number of hydrogen-bond acceptors (Lipinski definition) is 5. The second-order valence-electron chi connectivity index (χ2n) is 8.10. The van der Waals surface area contributed by atoms with Crippen molar-refractivity contribution < 1.29 is 14.7 Å². The predicted molar refractivity (Wildman–Crippen MR) is 123 cm³/mol. The van der Waals surface area contributed by atoms with Crippen LogP contribution >= 0.6 is 0 Å². The molecular weight excluding hydrogens is 410 g/mol. The van der Waals surface area contributed by atoms with Crippen molar-refractivity contribution in [3.05, 3.63) is 57.5 Å². The zero-order valence-corrected chi connectivity index (χ0v) is 18.5. The minimum absolute atomic E-state index is 0.150. The number of H-pyrrole nitrogens is 2. The molecule has 1 aromatic carbocycles. The fraction of sp³-hybridized carbons (Fsp3) is 0.391. The third kappa shape index (κ3) is 5.54. The molecule has 9 heteroatoms. The fourth-order valence-electron chi connectivity index (χ4n) is 3.53. The van der Waals surface area contributed by atoms with Gasteiger partial charge < -0.3 is 20.7 Å². The summed E-state index contributed by atoms with van der Waals surface area (Å²) in [6.45, 7) is 5.81. The summed E-state index contributed by atoms with van der Waals surface area (Å²) in [4.78, 5) is 46.4. The minimum atomic E-state index is -1.04. The van der Waals surface area contributed by atoms with Crippen molar-refractivity contribution in [3.63, 3.8) is 0 Å². The van der Waals surface area contributed by atoms with E-state index in [1.165, 1.54) is 0 Å². The monoisotopic (exact) mass is 439 g/mol. The van der Waals surface area contributed by atoms with Crippen LogP contribution < -0.4 is 16.2 Å².